The van der Waals surface area contributed by atoms with E-state index in [2.05, 4.69) is 0 Å². The van der Waals surface area contributed by atoms with Gasteiger partial charge in [0.05, 0.1) is 18.4 Å². The number of rotatable bonds is 7. The Bertz CT molecular complexity index is 304. The maximum absolute atomic E-state index is 11.9. The lowest BCUT2D eigenvalue weighted by Gasteiger charge is -2.27. The van der Waals surface area contributed by atoms with Crippen molar-refractivity contribution in [2.45, 2.75) is 32.1 Å². The molecule has 0 heterocycles. The van der Waals surface area contributed by atoms with Crippen molar-refractivity contribution in [2.75, 3.05) is 19.8 Å². The van der Waals surface area contributed by atoms with Crippen LogP contribution in [-0.4, -0.2) is 47.1 Å². The largest absolute Gasteiger partial charge is 0.481 e. The zero-order chi connectivity index (χ0) is 14.3. The highest BCUT2D eigenvalue weighted by Gasteiger charge is 2.36. The van der Waals surface area contributed by atoms with Gasteiger partial charge in [-0.25, -0.2) is 0 Å². The summed E-state index contributed by atoms with van der Waals surface area (Å²) in [6.45, 7) is -0.219. The van der Waals surface area contributed by atoms with Gasteiger partial charge in [-0.1, -0.05) is 12.8 Å². The molecule has 1 aliphatic carbocycles. The van der Waals surface area contributed by atoms with E-state index in [1.54, 1.807) is 0 Å². The van der Waals surface area contributed by atoms with Gasteiger partial charge < -0.3 is 20.1 Å². The van der Waals surface area contributed by atoms with Gasteiger partial charge in [-0.05, 0) is 19.3 Å². The first-order chi connectivity index (χ1) is 9.10. The third-order valence-electron chi connectivity index (χ3n) is 3.64. The second kappa shape index (κ2) is 8.12. The van der Waals surface area contributed by atoms with Gasteiger partial charge in [0.25, 0.3) is 0 Å². The number of carbonyl (C=O) groups excluding carboxylic acids is 1. The molecule has 0 radical (unpaired) electrons. The van der Waals surface area contributed by atoms with Gasteiger partial charge in [0.1, 0.15) is 0 Å². The smallest absolute Gasteiger partial charge is 0.309 e. The molecule has 19 heavy (non-hydrogen) atoms. The fourth-order valence-corrected chi connectivity index (χ4v) is 2.43. The number of ether oxygens (including phenoxy) is 1. The van der Waals surface area contributed by atoms with Crippen LogP contribution < -0.4 is 0 Å². The lowest BCUT2D eigenvalue weighted by atomic mass is 9.79. The molecule has 0 saturated heterocycles. The highest BCUT2D eigenvalue weighted by molar-refractivity contribution is 5.81. The standard InChI is InChI=1S/C13H22O6/c14-6-5-9(7-15)8-19-13(18)11-4-2-1-3-10(11)12(16)17/h9-11,14-15H,1-8H2,(H,16,17). The Morgan fingerprint density at radius 2 is 1.79 bits per heavy atom. The van der Waals surface area contributed by atoms with E-state index in [9.17, 15) is 9.59 Å². The molecule has 3 N–H and O–H groups in total. The van der Waals surface area contributed by atoms with Crippen molar-refractivity contribution in [3.05, 3.63) is 0 Å². The van der Waals surface area contributed by atoms with Crippen molar-refractivity contribution < 1.29 is 29.6 Å². The minimum absolute atomic E-state index is 0.0265. The molecule has 0 aromatic rings. The van der Waals surface area contributed by atoms with Crippen LogP contribution in [0, 0.1) is 17.8 Å². The number of carboxylic acid groups (broad SMARTS) is 1. The molecule has 3 unspecified atom stereocenters. The topological polar surface area (TPSA) is 104 Å². The zero-order valence-corrected chi connectivity index (χ0v) is 11.0. The van der Waals surface area contributed by atoms with E-state index in [-0.39, 0.29) is 25.7 Å². The van der Waals surface area contributed by atoms with Crippen LogP contribution in [0.25, 0.3) is 0 Å². The predicted molar refractivity (Wildman–Crippen MR) is 66.3 cm³/mol. The van der Waals surface area contributed by atoms with Crippen molar-refractivity contribution in [1.29, 1.82) is 0 Å². The van der Waals surface area contributed by atoms with Crippen molar-refractivity contribution in [3.63, 3.8) is 0 Å². The number of aliphatic carboxylic acids is 1. The van der Waals surface area contributed by atoms with E-state index in [0.29, 0.717) is 19.3 Å². The molecule has 6 nitrogen and oxygen atoms in total. The van der Waals surface area contributed by atoms with Crippen LogP contribution in [0.3, 0.4) is 0 Å². The molecule has 1 aliphatic rings. The Morgan fingerprint density at radius 3 is 2.32 bits per heavy atom. The van der Waals surface area contributed by atoms with Gasteiger partial charge in [0, 0.05) is 19.1 Å². The fraction of sp³-hybridized carbons (Fsp3) is 0.846. The quantitative estimate of drug-likeness (QED) is 0.581. The van der Waals surface area contributed by atoms with Crippen molar-refractivity contribution in [1.82, 2.24) is 0 Å². The van der Waals surface area contributed by atoms with Crippen LogP contribution in [0.2, 0.25) is 0 Å². The number of esters is 1. The van der Waals surface area contributed by atoms with Crippen molar-refractivity contribution >= 4 is 11.9 Å². The van der Waals surface area contributed by atoms with Crippen molar-refractivity contribution in [3.8, 4) is 0 Å². The van der Waals surface area contributed by atoms with Gasteiger partial charge in [-0.2, -0.15) is 0 Å². The third-order valence-corrected chi connectivity index (χ3v) is 3.64. The number of hydrogen-bond acceptors (Lipinski definition) is 5. The minimum Gasteiger partial charge on any atom is -0.481 e. The average molecular weight is 274 g/mol. The monoisotopic (exact) mass is 274 g/mol. The zero-order valence-electron chi connectivity index (χ0n) is 11.0. The molecule has 0 amide bonds. The molecule has 110 valence electrons. The highest BCUT2D eigenvalue weighted by atomic mass is 16.5. The van der Waals surface area contributed by atoms with Gasteiger partial charge >= 0.3 is 11.9 Å². The van der Waals surface area contributed by atoms with Crippen LogP contribution in [0.1, 0.15) is 32.1 Å². The number of aliphatic hydroxyl groups excluding tert-OH is 2. The fourth-order valence-electron chi connectivity index (χ4n) is 2.43. The molecule has 0 bridgehead atoms. The molecular weight excluding hydrogens is 252 g/mol. The Labute approximate surface area is 112 Å². The maximum Gasteiger partial charge on any atom is 0.309 e. The third kappa shape index (κ3) is 4.80. The Balaban J connectivity index is 2.48. The van der Waals surface area contributed by atoms with E-state index < -0.39 is 23.8 Å². The summed E-state index contributed by atoms with van der Waals surface area (Å²) in [6.07, 6.45) is 3.07. The van der Waals surface area contributed by atoms with Crippen molar-refractivity contribution in [2.24, 2.45) is 17.8 Å². The second-order valence-corrected chi connectivity index (χ2v) is 5.03. The van der Waals surface area contributed by atoms with Gasteiger partial charge in [-0.3, -0.25) is 9.59 Å². The van der Waals surface area contributed by atoms with Gasteiger partial charge in [0.15, 0.2) is 0 Å². The minimum atomic E-state index is -0.948. The lowest BCUT2D eigenvalue weighted by molar-refractivity contribution is -0.161. The lowest BCUT2D eigenvalue weighted by Crippen LogP contribution is -2.34. The molecule has 0 aliphatic heterocycles. The summed E-state index contributed by atoms with van der Waals surface area (Å²) in [4.78, 5) is 23.0. The molecule has 0 aromatic carbocycles. The number of hydrogen-bond donors (Lipinski definition) is 3. The van der Waals surface area contributed by atoms with Crippen LogP contribution in [0.5, 0.6) is 0 Å². The molecule has 1 fully saturated rings. The molecule has 1 saturated carbocycles. The molecule has 3 atom stereocenters. The Kier molecular flexibility index (Phi) is 6.80. The number of carbonyl (C=O) groups is 2. The Hall–Kier alpha value is -1.14. The summed E-state index contributed by atoms with van der Waals surface area (Å²) in [7, 11) is 0. The van der Waals surface area contributed by atoms with Gasteiger partial charge in [0.2, 0.25) is 0 Å². The van der Waals surface area contributed by atoms with E-state index in [1.807, 2.05) is 0 Å². The molecule has 0 spiro atoms. The van der Waals surface area contributed by atoms with Crippen LogP contribution in [0.15, 0.2) is 0 Å². The van der Waals surface area contributed by atoms with E-state index in [1.165, 1.54) is 0 Å². The van der Waals surface area contributed by atoms with Crippen LogP contribution in [0.4, 0.5) is 0 Å². The first-order valence-corrected chi connectivity index (χ1v) is 6.71. The predicted octanol–water partition coefficient (Wildman–Crippen LogP) is 0.412. The maximum atomic E-state index is 11.9. The normalized spacial score (nSPS) is 24.7. The Morgan fingerprint density at radius 1 is 1.16 bits per heavy atom. The number of aliphatic hydroxyl groups is 2. The molecular formula is C13H22O6. The SMILES string of the molecule is O=C(O)C1CCCCC1C(=O)OCC(CO)CCO. The average Bonchev–Trinajstić information content (AvgIpc) is 2.43. The van der Waals surface area contributed by atoms with Crippen LogP contribution >= 0.6 is 0 Å². The van der Waals surface area contributed by atoms with Crippen LogP contribution in [-0.2, 0) is 14.3 Å². The first-order valence-electron chi connectivity index (χ1n) is 6.71. The van der Waals surface area contributed by atoms with E-state index in [4.69, 9.17) is 20.1 Å². The van der Waals surface area contributed by atoms with E-state index >= 15 is 0 Å². The summed E-state index contributed by atoms with van der Waals surface area (Å²) >= 11 is 0. The second-order valence-electron chi connectivity index (χ2n) is 5.03. The van der Waals surface area contributed by atoms with E-state index in [0.717, 1.165) is 12.8 Å². The summed E-state index contributed by atoms with van der Waals surface area (Å²) < 4.78 is 5.09. The summed E-state index contributed by atoms with van der Waals surface area (Å²) in [5, 5.41) is 26.9. The molecule has 6 heteroatoms. The highest BCUT2D eigenvalue weighted by Crippen LogP contribution is 2.31. The van der Waals surface area contributed by atoms with Gasteiger partial charge in [-0.15, -0.1) is 0 Å². The molecule has 1 rings (SSSR count). The number of carboxylic acids is 1. The summed E-state index contributed by atoms with van der Waals surface area (Å²) in [6, 6.07) is 0. The molecule has 0 aromatic heterocycles. The summed E-state index contributed by atoms with van der Waals surface area (Å²) in [5.74, 6) is -2.98. The summed E-state index contributed by atoms with van der Waals surface area (Å²) in [5.41, 5.74) is 0. The first kappa shape index (κ1) is 15.9.